The predicted octanol–water partition coefficient (Wildman–Crippen LogP) is 4.63. The van der Waals surface area contributed by atoms with Crippen LogP contribution >= 0.6 is 0 Å². The third kappa shape index (κ3) is 3.95. The number of hydrogen-bond donors (Lipinski definition) is 2. The average molecular weight is 312 g/mol. The van der Waals surface area contributed by atoms with Crippen LogP contribution in [-0.4, -0.2) is 22.7 Å². The van der Waals surface area contributed by atoms with Crippen LogP contribution in [0, 0.1) is 0 Å². The van der Waals surface area contributed by atoms with Crippen molar-refractivity contribution in [2.24, 2.45) is 0 Å². The molecule has 4 heteroatoms. The van der Waals surface area contributed by atoms with Gasteiger partial charge in [0.2, 0.25) is 0 Å². The summed E-state index contributed by atoms with van der Waals surface area (Å²) in [6.07, 6.45) is 6.63. The smallest absolute Gasteiger partial charge is 0.407 e. The molecule has 2 aromatic rings. The van der Waals surface area contributed by atoms with E-state index in [1.165, 1.54) is 16.5 Å². The number of allylic oxidation sites excluding steroid dienone is 1. The van der Waals surface area contributed by atoms with Gasteiger partial charge < -0.3 is 15.0 Å². The number of rotatable bonds is 2. The number of amides is 1. The molecule has 0 saturated heterocycles. The zero-order valence-electron chi connectivity index (χ0n) is 14.0. The topological polar surface area (TPSA) is 54.1 Å². The van der Waals surface area contributed by atoms with Crippen LogP contribution in [0.3, 0.4) is 0 Å². The number of fused-ring (bicyclic) bond motifs is 1. The molecule has 0 radical (unpaired) electrons. The molecule has 0 spiro atoms. The van der Waals surface area contributed by atoms with Crippen LogP contribution in [0.25, 0.3) is 16.5 Å². The van der Waals surface area contributed by atoms with Crippen LogP contribution in [0.5, 0.6) is 0 Å². The minimum atomic E-state index is -0.453. The van der Waals surface area contributed by atoms with E-state index in [0.717, 1.165) is 24.8 Å². The van der Waals surface area contributed by atoms with E-state index in [1.807, 2.05) is 27.0 Å². The van der Waals surface area contributed by atoms with Crippen LogP contribution < -0.4 is 5.32 Å². The fraction of sp³-hybridized carbons (Fsp3) is 0.421. The van der Waals surface area contributed by atoms with Crippen molar-refractivity contribution in [1.29, 1.82) is 0 Å². The van der Waals surface area contributed by atoms with E-state index < -0.39 is 5.60 Å². The number of carbonyl (C=O) groups excluding carboxylic acids is 1. The lowest BCUT2D eigenvalue weighted by Crippen LogP contribution is -2.39. The number of ether oxygens (including phenoxy) is 1. The second-order valence-corrected chi connectivity index (χ2v) is 7.13. The first-order valence-electron chi connectivity index (χ1n) is 8.17. The van der Waals surface area contributed by atoms with Gasteiger partial charge in [0.1, 0.15) is 5.60 Å². The van der Waals surface area contributed by atoms with E-state index in [1.54, 1.807) is 0 Å². The summed E-state index contributed by atoms with van der Waals surface area (Å²) in [4.78, 5) is 15.1. The SMILES string of the molecule is CC(C)(C)OC(=O)NC1CC=C(c2ccc3[nH]ccc3c2)CC1. The predicted molar refractivity (Wildman–Crippen MR) is 93.3 cm³/mol. The summed E-state index contributed by atoms with van der Waals surface area (Å²) in [6, 6.07) is 8.75. The van der Waals surface area contributed by atoms with Crippen LogP contribution in [0.15, 0.2) is 36.5 Å². The molecule has 0 aliphatic heterocycles. The van der Waals surface area contributed by atoms with Gasteiger partial charge in [0, 0.05) is 17.8 Å². The van der Waals surface area contributed by atoms with Crippen molar-refractivity contribution in [3.8, 4) is 0 Å². The number of benzene rings is 1. The maximum atomic E-state index is 11.8. The van der Waals surface area contributed by atoms with E-state index in [-0.39, 0.29) is 12.1 Å². The van der Waals surface area contributed by atoms with Gasteiger partial charge in [-0.3, -0.25) is 0 Å². The van der Waals surface area contributed by atoms with Crippen LogP contribution in [0.1, 0.15) is 45.6 Å². The average Bonchev–Trinajstić information content (AvgIpc) is 2.93. The van der Waals surface area contributed by atoms with Crippen molar-refractivity contribution in [2.75, 3.05) is 0 Å². The van der Waals surface area contributed by atoms with Crippen LogP contribution in [0.2, 0.25) is 0 Å². The summed E-state index contributed by atoms with van der Waals surface area (Å²) in [5.41, 5.74) is 3.34. The van der Waals surface area contributed by atoms with Crippen LogP contribution in [-0.2, 0) is 4.74 Å². The summed E-state index contributed by atoms with van der Waals surface area (Å²) >= 11 is 0. The largest absolute Gasteiger partial charge is 0.444 e. The Morgan fingerprint density at radius 2 is 2.13 bits per heavy atom. The zero-order chi connectivity index (χ0) is 16.4. The lowest BCUT2D eigenvalue weighted by atomic mass is 9.90. The van der Waals surface area contributed by atoms with E-state index >= 15 is 0 Å². The molecule has 2 N–H and O–H groups in total. The number of carbonyl (C=O) groups is 1. The maximum absolute atomic E-state index is 11.8. The molecule has 0 fully saturated rings. The highest BCUT2D eigenvalue weighted by Gasteiger charge is 2.21. The normalized spacial score (nSPS) is 18.6. The zero-order valence-corrected chi connectivity index (χ0v) is 14.0. The minimum absolute atomic E-state index is 0.157. The van der Waals surface area contributed by atoms with Gasteiger partial charge in [0.05, 0.1) is 0 Å². The van der Waals surface area contributed by atoms with E-state index in [2.05, 4.69) is 40.6 Å². The molecule has 1 atom stereocenters. The summed E-state index contributed by atoms with van der Waals surface area (Å²) < 4.78 is 5.32. The third-order valence-electron chi connectivity index (χ3n) is 4.06. The molecular formula is C19H24N2O2. The summed E-state index contributed by atoms with van der Waals surface area (Å²) in [6.45, 7) is 5.63. The van der Waals surface area contributed by atoms with Gasteiger partial charge in [-0.15, -0.1) is 0 Å². The second kappa shape index (κ2) is 6.11. The number of H-pyrrole nitrogens is 1. The van der Waals surface area contributed by atoms with Gasteiger partial charge in [-0.1, -0.05) is 12.1 Å². The first-order valence-corrected chi connectivity index (χ1v) is 8.17. The Bertz CT molecular complexity index is 737. The van der Waals surface area contributed by atoms with Gasteiger partial charge in [0.25, 0.3) is 0 Å². The molecule has 3 rings (SSSR count). The van der Waals surface area contributed by atoms with Crippen molar-refractivity contribution in [3.63, 3.8) is 0 Å². The molecule has 0 bridgehead atoms. The van der Waals surface area contributed by atoms with Gasteiger partial charge in [-0.25, -0.2) is 4.79 Å². The highest BCUT2D eigenvalue weighted by Crippen LogP contribution is 2.29. The van der Waals surface area contributed by atoms with E-state index in [0.29, 0.717) is 0 Å². The Balaban J connectivity index is 1.62. The number of aromatic amines is 1. The first kappa shape index (κ1) is 15.7. The lowest BCUT2D eigenvalue weighted by molar-refractivity contribution is 0.0502. The quantitative estimate of drug-likeness (QED) is 0.849. The Labute approximate surface area is 136 Å². The molecule has 4 nitrogen and oxygen atoms in total. The van der Waals surface area contributed by atoms with Crippen molar-refractivity contribution < 1.29 is 9.53 Å². The maximum Gasteiger partial charge on any atom is 0.407 e. The first-order chi connectivity index (χ1) is 10.9. The monoisotopic (exact) mass is 312 g/mol. The minimum Gasteiger partial charge on any atom is -0.444 e. The van der Waals surface area contributed by atoms with Gasteiger partial charge >= 0.3 is 6.09 Å². The van der Waals surface area contributed by atoms with Gasteiger partial charge in [-0.2, -0.15) is 0 Å². The van der Waals surface area contributed by atoms with E-state index in [9.17, 15) is 4.79 Å². The Morgan fingerprint density at radius 1 is 1.30 bits per heavy atom. The summed E-state index contributed by atoms with van der Waals surface area (Å²) in [7, 11) is 0. The Morgan fingerprint density at radius 3 is 2.83 bits per heavy atom. The van der Waals surface area contributed by atoms with Crippen molar-refractivity contribution in [3.05, 3.63) is 42.1 Å². The molecule has 1 aliphatic carbocycles. The summed E-state index contributed by atoms with van der Waals surface area (Å²) in [5.74, 6) is 0. The molecule has 1 aromatic carbocycles. The molecule has 0 saturated carbocycles. The fourth-order valence-corrected chi connectivity index (χ4v) is 2.95. The standard InChI is InChI=1S/C19H24N2O2/c1-19(2,3)23-18(22)21-16-7-4-13(5-8-16)14-6-9-17-15(12-14)10-11-20-17/h4,6,9-12,16,20H,5,7-8H2,1-3H3,(H,21,22). The van der Waals surface area contributed by atoms with Crippen LogP contribution in [0.4, 0.5) is 4.79 Å². The molecule has 122 valence electrons. The molecule has 1 heterocycles. The lowest BCUT2D eigenvalue weighted by Gasteiger charge is -2.26. The van der Waals surface area contributed by atoms with E-state index in [4.69, 9.17) is 4.74 Å². The Kier molecular flexibility index (Phi) is 4.16. The molecule has 1 unspecified atom stereocenters. The molecule has 1 amide bonds. The summed E-state index contributed by atoms with van der Waals surface area (Å²) in [5, 5.41) is 4.20. The van der Waals surface area contributed by atoms with Gasteiger partial charge in [-0.05, 0) is 74.8 Å². The molecular weight excluding hydrogens is 288 g/mol. The number of hydrogen-bond acceptors (Lipinski definition) is 2. The highest BCUT2D eigenvalue weighted by atomic mass is 16.6. The second-order valence-electron chi connectivity index (χ2n) is 7.13. The van der Waals surface area contributed by atoms with Gasteiger partial charge in [0.15, 0.2) is 0 Å². The fourth-order valence-electron chi connectivity index (χ4n) is 2.95. The molecule has 1 aromatic heterocycles. The Hall–Kier alpha value is -2.23. The van der Waals surface area contributed by atoms with Crippen molar-refractivity contribution >= 4 is 22.6 Å². The number of nitrogens with one attached hydrogen (secondary N) is 2. The number of alkyl carbamates (subject to hydrolysis) is 1. The van der Waals surface area contributed by atoms with Crippen molar-refractivity contribution in [2.45, 2.75) is 51.7 Å². The number of aromatic nitrogens is 1. The highest BCUT2D eigenvalue weighted by molar-refractivity contribution is 5.84. The molecule has 1 aliphatic rings. The van der Waals surface area contributed by atoms with Crippen molar-refractivity contribution in [1.82, 2.24) is 10.3 Å². The molecule has 23 heavy (non-hydrogen) atoms. The third-order valence-corrected chi connectivity index (χ3v) is 4.06.